The van der Waals surface area contributed by atoms with Crippen molar-refractivity contribution in [1.29, 1.82) is 0 Å². The number of nitrogens with zero attached hydrogens (tertiary/aromatic N) is 2. The van der Waals surface area contributed by atoms with Crippen LogP contribution < -0.4 is 10.1 Å². The summed E-state index contributed by atoms with van der Waals surface area (Å²) in [6.07, 6.45) is 1.55. The second-order valence-corrected chi connectivity index (χ2v) is 7.15. The predicted octanol–water partition coefficient (Wildman–Crippen LogP) is 3.68. The normalized spacial score (nSPS) is 15.3. The maximum absolute atomic E-state index is 12.9. The van der Waals surface area contributed by atoms with Crippen LogP contribution in [0.25, 0.3) is 0 Å². The molecule has 0 saturated carbocycles. The molecule has 1 saturated heterocycles. The van der Waals surface area contributed by atoms with Crippen LogP contribution in [0, 0.1) is 0 Å². The zero-order chi connectivity index (χ0) is 20.6. The van der Waals surface area contributed by atoms with Crippen molar-refractivity contribution < 1.29 is 14.3 Å². The first-order chi connectivity index (χ1) is 14.8. The molecular formula is C24H25N3O3. The zero-order valence-electron chi connectivity index (χ0n) is 16.7. The van der Waals surface area contributed by atoms with Gasteiger partial charge in [-0.15, -0.1) is 0 Å². The smallest absolute Gasteiger partial charge is 0.253 e. The maximum Gasteiger partial charge on any atom is 0.253 e. The first-order valence-electron chi connectivity index (χ1n) is 10.1. The number of morpholine rings is 1. The highest BCUT2D eigenvalue weighted by atomic mass is 16.5. The van der Waals surface area contributed by atoms with Crippen LogP contribution in [0.5, 0.6) is 11.6 Å². The third-order valence-electron chi connectivity index (χ3n) is 5.02. The lowest BCUT2D eigenvalue weighted by molar-refractivity contribution is 0.0332. The Labute approximate surface area is 176 Å². The first-order valence-corrected chi connectivity index (χ1v) is 10.1. The molecule has 1 aromatic heterocycles. The fourth-order valence-electron chi connectivity index (χ4n) is 3.39. The van der Waals surface area contributed by atoms with Crippen molar-refractivity contribution >= 4 is 5.91 Å². The summed E-state index contributed by atoms with van der Waals surface area (Å²) in [5.41, 5.74) is 1.58. The van der Waals surface area contributed by atoms with E-state index in [9.17, 15) is 4.79 Å². The molecule has 30 heavy (non-hydrogen) atoms. The Morgan fingerprint density at radius 3 is 2.37 bits per heavy atom. The molecule has 3 aromatic rings. The van der Waals surface area contributed by atoms with Crippen LogP contribution in [0.2, 0.25) is 0 Å². The summed E-state index contributed by atoms with van der Waals surface area (Å²) < 4.78 is 11.1. The fraction of sp³-hybridized carbons (Fsp3) is 0.250. The molecule has 0 aliphatic carbocycles. The molecule has 1 amide bonds. The summed E-state index contributed by atoms with van der Waals surface area (Å²) in [5, 5.41) is 3.16. The van der Waals surface area contributed by atoms with E-state index in [1.54, 1.807) is 18.3 Å². The number of carbonyl (C=O) groups excluding carboxylic acids is 1. The molecule has 6 nitrogen and oxygen atoms in total. The fourth-order valence-corrected chi connectivity index (χ4v) is 3.39. The van der Waals surface area contributed by atoms with Gasteiger partial charge in [0.05, 0.1) is 24.8 Å². The zero-order valence-corrected chi connectivity index (χ0v) is 16.7. The minimum Gasteiger partial charge on any atom is -0.439 e. The van der Waals surface area contributed by atoms with E-state index in [1.165, 1.54) is 0 Å². The second-order valence-electron chi connectivity index (χ2n) is 7.15. The molecule has 0 bridgehead atoms. The molecule has 2 heterocycles. The Morgan fingerprint density at radius 2 is 1.70 bits per heavy atom. The molecule has 0 spiro atoms. The highest BCUT2D eigenvalue weighted by molar-refractivity contribution is 5.94. The average molecular weight is 403 g/mol. The van der Waals surface area contributed by atoms with Crippen molar-refractivity contribution in [3.8, 4) is 11.6 Å². The Balaban J connectivity index is 1.43. The van der Waals surface area contributed by atoms with Crippen LogP contribution in [-0.2, 0) is 4.74 Å². The standard InChI is InChI=1S/C24H25N3O3/c28-24(20-11-12-23(25-17-20)30-21-9-5-2-6-10-21)26-22(19-7-3-1-4-8-19)18-27-13-15-29-16-14-27/h1-12,17,22H,13-16,18H2,(H,26,28). The number of nitrogens with one attached hydrogen (secondary N) is 1. The number of amides is 1. The van der Waals surface area contributed by atoms with E-state index < -0.39 is 0 Å². The van der Waals surface area contributed by atoms with Crippen molar-refractivity contribution in [1.82, 2.24) is 15.2 Å². The van der Waals surface area contributed by atoms with Gasteiger partial charge in [0.15, 0.2) is 0 Å². The quantitative estimate of drug-likeness (QED) is 0.652. The number of carbonyl (C=O) groups is 1. The van der Waals surface area contributed by atoms with Gasteiger partial charge in [-0.2, -0.15) is 0 Å². The lowest BCUT2D eigenvalue weighted by Crippen LogP contribution is -2.43. The first kappa shape index (κ1) is 20.1. The predicted molar refractivity (Wildman–Crippen MR) is 115 cm³/mol. The number of rotatable bonds is 7. The van der Waals surface area contributed by atoms with E-state index in [2.05, 4.69) is 15.2 Å². The minimum absolute atomic E-state index is 0.114. The molecule has 1 aliphatic rings. The third-order valence-corrected chi connectivity index (χ3v) is 5.02. The number of hydrogen-bond donors (Lipinski definition) is 1. The highest BCUT2D eigenvalue weighted by Crippen LogP contribution is 2.20. The summed E-state index contributed by atoms with van der Waals surface area (Å²) >= 11 is 0. The van der Waals surface area contributed by atoms with Crippen LogP contribution in [0.15, 0.2) is 79.0 Å². The van der Waals surface area contributed by atoms with Gasteiger partial charge < -0.3 is 14.8 Å². The van der Waals surface area contributed by atoms with E-state index >= 15 is 0 Å². The molecule has 1 N–H and O–H groups in total. The molecular weight excluding hydrogens is 378 g/mol. The highest BCUT2D eigenvalue weighted by Gasteiger charge is 2.21. The molecule has 0 radical (unpaired) electrons. The lowest BCUT2D eigenvalue weighted by atomic mass is 10.1. The van der Waals surface area contributed by atoms with Gasteiger partial charge in [-0.1, -0.05) is 48.5 Å². The molecule has 1 fully saturated rings. The van der Waals surface area contributed by atoms with Crippen LogP contribution >= 0.6 is 0 Å². The SMILES string of the molecule is O=C(NC(CN1CCOCC1)c1ccccc1)c1ccc(Oc2ccccc2)nc1. The Morgan fingerprint density at radius 1 is 1.00 bits per heavy atom. The van der Waals surface area contributed by atoms with Crippen LogP contribution in [0.3, 0.4) is 0 Å². The molecule has 1 unspecified atom stereocenters. The largest absolute Gasteiger partial charge is 0.439 e. The van der Waals surface area contributed by atoms with Crippen molar-refractivity contribution in [2.75, 3.05) is 32.8 Å². The Kier molecular flexibility index (Phi) is 6.69. The summed E-state index contributed by atoms with van der Waals surface area (Å²) in [6, 6.07) is 22.8. The van der Waals surface area contributed by atoms with E-state index in [0.29, 0.717) is 17.2 Å². The number of aromatic nitrogens is 1. The summed E-state index contributed by atoms with van der Waals surface area (Å²) in [5.74, 6) is 0.999. The van der Waals surface area contributed by atoms with Gasteiger partial charge in [0.2, 0.25) is 5.88 Å². The minimum atomic E-state index is -0.157. The van der Waals surface area contributed by atoms with Gasteiger partial charge in [0, 0.05) is 31.9 Å². The van der Waals surface area contributed by atoms with Gasteiger partial charge in [-0.05, 0) is 23.8 Å². The number of para-hydroxylation sites is 1. The van der Waals surface area contributed by atoms with Crippen molar-refractivity contribution in [2.45, 2.75) is 6.04 Å². The van der Waals surface area contributed by atoms with E-state index in [0.717, 1.165) is 38.4 Å². The summed E-state index contributed by atoms with van der Waals surface area (Å²) in [4.78, 5) is 19.5. The van der Waals surface area contributed by atoms with Gasteiger partial charge in [0.1, 0.15) is 5.75 Å². The topological polar surface area (TPSA) is 63.7 Å². The van der Waals surface area contributed by atoms with Gasteiger partial charge in [-0.25, -0.2) is 4.98 Å². The van der Waals surface area contributed by atoms with Crippen LogP contribution in [0.1, 0.15) is 22.0 Å². The van der Waals surface area contributed by atoms with Crippen molar-refractivity contribution in [2.24, 2.45) is 0 Å². The van der Waals surface area contributed by atoms with Crippen LogP contribution in [-0.4, -0.2) is 48.6 Å². The average Bonchev–Trinajstić information content (AvgIpc) is 2.81. The van der Waals surface area contributed by atoms with Crippen molar-refractivity contribution in [3.05, 3.63) is 90.1 Å². The van der Waals surface area contributed by atoms with E-state index in [-0.39, 0.29) is 11.9 Å². The van der Waals surface area contributed by atoms with Crippen LogP contribution in [0.4, 0.5) is 0 Å². The Hall–Kier alpha value is -3.22. The summed E-state index contributed by atoms with van der Waals surface area (Å²) in [7, 11) is 0. The summed E-state index contributed by atoms with van der Waals surface area (Å²) in [6.45, 7) is 3.92. The third kappa shape index (κ3) is 5.43. The molecule has 2 aromatic carbocycles. The monoisotopic (exact) mass is 403 g/mol. The molecule has 1 atom stereocenters. The van der Waals surface area contributed by atoms with Gasteiger partial charge >= 0.3 is 0 Å². The van der Waals surface area contributed by atoms with Crippen molar-refractivity contribution in [3.63, 3.8) is 0 Å². The molecule has 4 rings (SSSR count). The molecule has 6 heteroatoms. The van der Waals surface area contributed by atoms with E-state index in [1.807, 2.05) is 60.7 Å². The second kappa shape index (κ2) is 10.0. The number of benzene rings is 2. The number of hydrogen-bond acceptors (Lipinski definition) is 5. The number of pyridine rings is 1. The van der Waals surface area contributed by atoms with Gasteiger partial charge in [0.25, 0.3) is 5.91 Å². The maximum atomic E-state index is 12.9. The number of ether oxygens (including phenoxy) is 2. The molecule has 154 valence electrons. The Bertz CT molecular complexity index is 927. The van der Waals surface area contributed by atoms with Gasteiger partial charge in [-0.3, -0.25) is 9.69 Å². The molecule has 1 aliphatic heterocycles. The van der Waals surface area contributed by atoms with E-state index in [4.69, 9.17) is 9.47 Å². The lowest BCUT2D eigenvalue weighted by Gasteiger charge is -2.31.